The predicted octanol–water partition coefficient (Wildman–Crippen LogP) is 1.69. The number of carbonyl (C=O) groups excluding carboxylic acids is 1. The van der Waals surface area contributed by atoms with Crippen LogP contribution in [0.25, 0.3) is 0 Å². The van der Waals surface area contributed by atoms with E-state index in [0.717, 1.165) is 5.69 Å². The third kappa shape index (κ3) is 3.43. The summed E-state index contributed by atoms with van der Waals surface area (Å²) in [5.74, 6) is -0.0923. The second-order valence-corrected chi connectivity index (χ2v) is 8.89. The van der Waals surface area contributed by atoms with Gasteiger partial charge in [-0.15, -0.1) is 0 Å². The quantitative estimate of drug-likeness (QED) is 0.843. The van der Waals surface area contributed by atoms with Crippen LogP contribution in [0.4, 0.5) is 17.1 Å². The summed E-state index contributed by atoms with van der Waals surface area (Å²) < 4.78 is 28.7. The highest BCUT2D eigenvalue weighted by Gasteiger charge is 2.42. The fourth-order valence-electron chi connectivity index (χ4n) is 3.83. The zero-order valence-corrected chi connectivity index (χ0v) is 16.5. The molecule has 1 aromatic heterocycles. The Kier molecular flexibility index (Phi) is 4.94. The largest absolute Gasteiger partial charge is 0.326 e. The van der Waals surface area contributed by atoms with Crippen LogP contribution in [-0.4, -0.2) is 56.9 Å². The van der Waals surface area contributed by atoms with Crippen LogP contribution in [-0.2, 0) is 15.0 Å². The van der Waals surface area contributed by atoms with Crippen molar-refractivity contribution in [2.75, 3.05) is 40.6 Å². The van der Waals surface area contributed by atoms with Gasteiger partial charge in [-0.1, -0.05) is 12.1 Å². The summed E-state index contributed by atoms with van der Waals surface area (Å²) in [6.45, 7) is 1.62. The molecular weight excluding hydrogens is 378 g/mol. The molecule has 1 N–H and O–H groups in total. The molecule has 8 nitrogen and oxygen atoms in total. The Morgan fingerprint density at radius 2 is 1.86 bits per heavy atom. The number of aromatic nitrogens is 1. The van der Waals surface area contributed by atoms with Gasteiger partial charge in [-0.3, -0.25) is 19.0 Å². The number of hydrogen-bond donors (Lipinski definition) is 1. The maximum absolute atomic E-state index is 12.9. The first-order valence-electron chi connectivity index (χ1n) is 9.26. The van der Waals surface area contributed by atoms with Gasteiger partial charge in [-0.25, -0.2) is 4.31 Å². The van der Waals surface area contributed by atoms with Gasteiger partial charge in [-0.05, 0) is 37.1 Å². The molecule has 3 heterocycles. The van der Waals surface area contributed by atoms with Gasteiger partial charge < -0.3 is 5.32 Å². The molecule has 4 rings (SSSR count). The highest BCUT2D eigenvalue weighted by molar-refractivity contribution is 7.94. The van der Waals surface area contributed by atoms with E-state index in [9.17, 15) is 13.2 Å². The Bertz CT molecular complexity index is 959. The minimum Gasteiger partial charge on any atom is -0.324 e. The minimum absolute atomic E-state index is 0.0923. The molecule has 1 fully saturated rings. The highest BCUT2D eigenvalue weighted by atomic mass is 32.2. The molecule has 2 aromatic rings. The van der Waals surface area contributed by atoms with Crippen LogP contribution in [0.3, 0.4) is 0 Å². The van der Waals surface area contributed by atoms with Gasteiger partial charge in [-0.2, -0.15) is 8.42 Å². The molecule has 1 amide bonds. The number of nitrogens with one attached hydrogen (secondary N) is 1. The number of rotatable bonds is 4. The van der Waals surface area contributed by atoms with E-state index < -0.39 is 10.2 Å². The van der Waals surface area contributed by atoms with Gasteiger partial charge in [0.15, 0.2) is 0 Å². The molecule has 0 aliphatic carbocycles. The zero-order chi connectivity index (χ0) is 19.7. The van der Waals surface area contributed by atoms with E-state index in [1.54, 1.807) is 35.9 Å². The maximum Gasteiger partial charge on any atom is 0.326 e. The third-order valence-electron chi connectivity index (χ3n) is 5.25. The van der Waals surface area contributed by atoms with Gasteiger partial charge >= 0.3 is 10.2 Å². The summed E-state index contributed by atoms with van der Waals surface area (Å²) in [5.41, 5.74) is 2.11. The maximum atomic E-state index is 12.9. The first kappa shape index (κ1) is 18.7. The van der Waals surface area contributed by atoms with Crippen molar-refractivity contribution in [3.8, 4) is 0 Å². The summed E-state index contributed by atoms with van der Waals surface area (Å²) in [5, 5.41) is 2.83. The summed E-state index contributed by atoms with van der Waals surface area (Å²) in [6, 6.07) is 10.8. The van der Waals surface area contributed by atoms with Crippen LogP contribution in [0.1, 0.15) is 12.8 Å². The molecular formula is C19H23N5O3S. The van der Waals surface area contributed by atoms with Crippen LogP contribution < -0.4 is 13.9 Å². The summed E-state index contributed by atoms with van der Waals surface area (Å²) in [7, 11) is -1.95. The zero-order valence-electron chi connectivity index (χ0n) is 15.7. The van der Waals surface area contributed by atoms with Gasteiger partial charge in [0.05, 0.1) is 29.8 Å². The Labute approximate surface area is 165 Å². The number of fused-ring (bicyclic) bond motifs is 1. The van der Waals surface area contributed by atoms with E-state index in [-0.39, 0.29) is 18.5 Å². The summed E-state index contributed by atoms with van der Waals surface area (Å²) >= 11 is 0. The van der Waals surface area contributed by atoms with Crippen LogP contribution in [0.2, 0.25) is 0 Å². The van der Waals surface area contributed by atoms with Crippen molar-refractivity contribution in [3.63, 3.8) is 0 Å². The molecule has 148 valence electrons. The summed E-state index contributed by atoms with van der Waals surface area (Å²) in [6.07, 6.45) is 4.63. The highest BCUT2D eigenvalue weighted by Crippen LogP contribution is 2.42. The fraction of sp³-hybridized carbons (Fsp3) is 0.368. The first-order chi connectivity index (χ1) is 13.5. The van der Waals surface area contributed by atoms with Crippen LogP contribution >= 0.6 is 0 Å². The Morgan fingerprint density at radius 1 is 1.14 bits per heavy atom. The monoisotopic (exact) mass is 401 g/mol. The third-order valence-corrected chi connectivity index (χ3v) is 7.14. The molecule has 0 radical (unpaired) electrons. The standard InChI is InChI=1S/C19H23N5O3S/c1-22-17-6-2-3-7-18(17)24(28(22,26)27)16-8-11-23(12-9-16)14-19(25)21-15-5-4-10-20-13-15/h2-7,10,13,16H,8-9,11-12,14H2,1H3,(H,21,25). The second kappa shape index (κ2) is 7.40. The van der Waals surface area contributed by atoms with Crippen LogP contribution in [0.15, 0.2) is 48.8 Å². The van der Waals surface area contributed by atoms with Crippen molar-refractivity contribution >= 4 is 33.2 Å². The number of para-hydroxylation sites is 2. The lowest BCUT2D eigenvalue weighted by atomic mass is 10.0. The normalized spacial score (nSPS) is 19.5. The lowest BCUT2D eigenvalue weighted by Gasteiger charge is -2.36. The summed E-state index contributed by atoms with van der Waals surface area (Å²) in [4.78, 5) is 18.3. The lowest BCUT2D eigenvalue weighted by molar-refractivity contribution is -0.117. The molecule has 2 aliphatic rings. The van der Waals surface area contributed by atoms with Crippen molar-refractivity contribution < 1.29 is 13.2 Å². The molecule has 0 spiro atoms. The number of anilines is 3. The molecule has 9 heteroatoms. The van der Waals surface area contributed by atoms with Crippen molar-refractivity contribution in [1.82, 2.24) is 9.88 Å². The van der Waals surface area contributed by atoms with Gasteiger partial charge in [0.2, 0.25) is 5.91 Å². The van der Waals surface area contributed by atoms with E-state index in [2.05, 4.69) is 15.2 Å². The van der Waals surface area contributed by atoms with E-state index >= 15 is 0 Å². The van der Waals surface area contributed by atoms with Crippen LogP contribution in [0.5, 0.6) is 0 Å². The second-order valence-electron chi connectivity index (χ2n) is 7.06. The van der Waals surface area contributed by atoms with Gasteiger partial charge in [0, 0.05) is 32.4 Å². The van der Waals surface area contributed by atoms with Crippen molar-refractivity contribution in [2.24, 2.45) is 0 Å². The van der Waals surface area contributed by atoms with Crippen molar-refractivity contribution in [2.45, 2.75) is 18.9 Å². The van der Waals surface area contributed by atoms with Crippen molar-refractivity contribution in [1.29, 1.82) is 0 Å². The number of nitrogens with zero attached hydrogens (tertiary/aromatic N) is 4. The number of benzene rings is 1. The SMILES string of the molecule is CN1c2ccccc2N(C2CCN(CC(=O)Nc3cccnc3)CC2)S1(=O)=O. The predicted molar refractivity (Wildman–Crippen MR) is 109 cm³/mol. The molecule has 1 aromatic carbocycles. The number of hydrogen-bond acceptors (Lipinski definition) is 5. The van der Waals surface area contributed by atoms with E-state index in [0.29, 0.717) is 37.3 Å². The average molecular weight is 401 g/mol. The smallest absolute Gasteiger partial charge is 0.324 e. The van der Waals surface area contributed by atoms with E-state index in [4.69, 9.17) is 0 Å². The molecule has 2 aliphatic heterocycles. The molecule has 28 heavy (non-hydrogen) atoms. The number of pyridine rings is 1. The van der Waals surface area contributed by atoms with E-state index in [1.165, 1.54) is 4.31 Å². The molecule has 1 saturated heterocycles. The lowest BCUT2D eigenvalue weighted by Crippen LogP contribution is -2.49. The number of carbonyl (C=O) groups is 1. The first-order valence-corrected chi connectivity index (χ1v) is 10.7. The van der Waals surface area contributed by atoms with Crippen molar-refractivity contribution in [3.05, 3.63) is 48.8 Å². The topological polar surface area (TPSA) is 85.8 Å². The Morgan fingerprint density at radius 3 is 2.54 bits per heavy atom. The Balaban J connectivity index is 1.39. The van der Waals surface area contributed by atoms with E-state index in [1.807, 2.05) is 24.3 Å². The molecule has 0 bridgehead atoms. The molecule has 0 saturated carbocycles. The van der Waals surface area contributed by atoms with Gasteiger partial charge in [0.1, 0.15) is 0 Å². The number of amides is 1. The number of piperidine rings is 1. The number of likely N-dealkylation sites (tertiary alicyclic amines) is 1. The molecule has 0 unspecified atom stereocenters. The Hall–Kier alpha value is -2.65. The molecule has 0 atom stereocenters. The minimum atomic E-state index is -3.54. The van der Waals surface area contributed by atoms with Gasteiger partial charge in [0.25, 0.3) is 0 Å². The fourth-order valence-corrected chi connectivity index (χ4v) is 5.49. The average Bonchev–Trinajstić information content (AvgIpc) is 2.89. The van der Waals surface area contributed by atoms with Crippen LogP contribution in [0, 0.1) is 0 Å².